The van der Waals surface area contributed by atoms with E-state index in [0.29, 0.717) is 17.9 Å². The van der Waals surface area contributed by atoms with Crippen LogP contribution in [-0.2, 0) is 16.0 Å². The molecule has 4 rings (SSSR count). The average Bonchev–Trinajstić information content (AvgIpc) is 3.13. The molecule has 1 aliphatic heterocycles. The molecular formula is C19H18N4O4. The molecule has 0 fully saturated rings. The highest BCUT2D eigenvalue weighted by atomic mass is 16.6. The number of imidazole rings is 1. The Labute approximate surface area is 154 Å². The molecule has 8 nitrogen and oxygen atoms in total. The molecular weight excluding hydrogens is 348 g/mol. The smallest absolute Gasteiger partial charge is 0.283 e. The van der Waals surface area contributed by atoms with Gasteiger partial charge in [-0.1, -0.05) is 24.3 Å². The summed E-state index contributed by atoms with van der Waals surface area (Å²) in [6.45, 7) is 0.0811. The minimum atomic E-state index is -0.824. The number of hydrogen-bond donors (Lipinski definition) is 3. The van der Waals surface area contributed by atoms with Gasteiger partial charge in [0.2, 0.25) is 12.0 Å². The lowest BCUT2D eigenvalue weighted by Gasteiger charge is -2.25. The fraction of sp³-hybridized carbons (Fsp3) is 0.211. The zero-order chi connectivity index (χ0) is 18.6. The Morgan fingerprint density at radius 1 is 1.07 bits per heavy atom. The Morgan fingerprint density at radius 2 is 1.85 bits per heavy atom. The van der Waals surface area contributed by atoms with Gasteiger partial charge >= 0.3 is 0 Å². The van der Waals surface area contributed by atoms with Crippen LogP contribution in [0.2, 0.25) is 0 Å². The predicted octanol–water partition coefficient (Wildman–Crippen LogP) is 1.48. The lowest BCUT2D eigenvalue weighted by molar-refractivity contribution is -0.135. The third-order valence-corrected chi connectivity index (χ3v) is 4.15. The van der Waals surface area contributed by atoms with Crippen LogP contribution in [0, 0.1) is 0 Å². The minimum Gasteiger partial charge on any atom is -0.485 e. The summed E-state index contributed by atoms with van der Waals surface area (Å²) in [6, 6.07) is 14.8. The molecule has 27 heavy (non-hydrogen) atoms. The topological polar surface area (TPSA) is 105 Å². The fourth-order valence-electron chi connectivity index (χ4n) is 2.78. The number of fused-ring (bicyclic) bond motifs is 2. The van der Waals surface area contributed by atoms with Gasteiger partial charge in [-0.3, -0.25) is 20.4 Å². The monoisotopic (exact) mass is 366 g/mol. The van der Waals surface area contributed by atoms with Crippen LogP contribution < -0.4 is 20.3 Å². The molecule has 2 amide bonds. The number of carbonyl (C=O) groups excluding carboxylic acids is 2. The van der Waals surface area contributed by atoms with E-state index in [2.05, 4.69) is 20.8 Å². The second-order valence-corrected chi connectivity index (χ2v) is 6.10. The molecule has 1 atom stereocenters. The third kappa shape index (κ3) is 3.84. The molecule has 1 aromatic heterocycles. The van der Waals surface area contributed by atoms with Crippen molar-refractivity contribution in [3.05, 3.63) is 54.4 Å². The first-order valence-electron chi connectivity index (χ1n) is 8.60. The van der Waals surface area contributed by atoms with Crippen LogP contribution in [0.25, 0.3) is 11.0 Å². The van der Waals surface area contributed by atoms with Gasteiger partial charge in [0, 0.05) is 12.8 Å². The van der Waals surface area contributed by atoms with E-state index in [-0.39, 0.29) is 18.9 Å². The van der Waals surface area contributed by atoms with Crippen LogP contribution >= 0.6 is 0 Å². The van der Waals surface area contributed by atoms with Crippen LogP contribution in [-0.4, -0.2) is 34.5 Å². The maximum absolute atomic E-state index is 12.2. The zero-order valence-corrected chi connectivity index (χ0v) is 14.4. The van der Waals surface area contributed by atoms with Gasteiger partial charge in [-0.05, 0) is 24.3 Å². The van der Waals surface area contributed by atoms with Crippen LogP contribution in [0.15, 0.2) is 48.5 Å². The van der Waals surface area contributed by atoms with Crippen molar-refractivity contribution in [3.8, 4) is 11.5 Å². The molecule has 3 N–H and O–H groups in total. The number of nitrogens with zero attached hydrogens (tertiary/aromatic N) is 1. The van der Waals surface area contributed by atoms with Crippen molar-refractivity contribution >= 4 is 22.8 Å². The Bertz CT molecular complexity index is 952. The molecule has 3 aromatic rings. The van der Waals surface area contributed by atoms with Gasteiger partial charge in [0.1, 0.15) is 12.4 Å². The van der Waals surface area contributed by atoms with Crippen molar-refractivity contribution in [2.45, 2.75) is 18.9 Å². The second-order valence-electron chi connectivity index (χ2n) is 6.10. The van der Waals surface area contributed by atoms with E-state index < -0.39 is 12.0 Å². The molecule has 0 aliphatic carbocycles. The van der Waals surface area contributed by atoms with Gasteiger partial charge in [0.05, 0.1) is 11.0 Å². The summed E-state index contributed by atoms with van der Waals surface area (Å²) in [7, 11) is 0. The van der Waals surface area contributed by atoms with Crippen molar-refractivity contribution in [3.63, 3.8) is 0 Å². The number of benzene rings is 2. The normalized spacial score (nSPS) is 15.3. The molecule has 1 unspecified atom stereocenters. The maximum atomic E-state index is 12.2. The first-order chi connectivity index (χ1) is 13.2. The SMILES string of the molecule is O=C(CCc1nc2ccccc2[nH]1)NNC(=O)C1COc2ccccc2O1. The zero-order valence-electron chi connectivity index (χ0n) is 14.4. The van der Waals surface area contributed by atoms with Gasteiger partial charge in [0.15, 0.2) is 11.5 Å². The number of aryl methyl sites for hydroxylation is 1. The van der Waals surface area contributed by atoms with Crippen LogP contribution in [0.1, 0.15) is 12.2 Å². The van der Waals surface area contributed by atoms with Gasteiger partial charge in [-0.25, -0.2) is 4.98 Å². The first-order valence-corrected chi connectivity index (χ1v) is 8.60. The molecule has 0 spiro atoms. The number of rotatable bonds is 4. The van der Waals surface area contributed by atoms with Crippen LogP contribution in [0.4, 0.5) is 0 Å². The molecule has 0 radical (unpaired) electrons. The van der Waals surface area contributed by atoms with E-state index >= 15 is 0 Å². The number of carbonyl (C=O) groups is 2. The number of hydrazine groups is 1. The number of aromatic nitrogens is 2. The molecule has 138 valence electrons. The summed E-state index contributed by atoms with van der Waals surface area (Å²) in [5.41, 5.74) is 6.55. The number of nitrogens with one attached hydrogen (secondary N) is 3. The predicted molar refractivity (Wildman–Crippen MR) is 97.1 cm³/mol. The summed E-state index contributed by atoms with van der Waals surface area (Å²) in [5, 5.41) is 0. The fourth-order valence-corrected chi connectivity index (χ4v) is 2.78. The Kier molecular flexibility index (Phi) is 4.61. The van der Waals surface area contributed by atoms with E-state index in [4.69, 9.17) is 9.47 Å². The highest BCUT2D eigenvalue weighted by Crippen LogP contribution is 2.30. The van der Waals surface area contributed by atoms with Gasteiger partial charge < -0.3 is 14.5 Å². The summed E-state index contributed by atoms with van der Waals surface area (Å²) < 4.78 is 11.1. The van der Waals surface area contributed by atoms with Crippen molar-refractivity contribution in [2.75, 3.05) is 6.61 Å². The van der Waals surface area contributed by atoms with Crippen molar-refractivity contribution in [1.29, 1.82) is 0 Å². The summed E-state index contributed by atoms with van der Waals surface area (Å²) in [4.78, 5) is 31.7. The van der Waals surface area contributed by atoms with Crippen molar-refractivity contribution < 1.29 is 19.1 Å². The Hall–Kier alpha value is -3.55. The molecule has 2 heterocycles. The molecule has 0 bridgehead atoms. The highest BCUT2D eigenvalue weighted by Gasteiger charge is 2.27. The summed E-state index contributed by atoms with van der Waals surface area (Å²) in [6.07, 6.45) is -0.201. The molecule has 2 aromatic carbocycles. The second kappa shape index (κ2) is 7.36. The highest BCUT2D eigenvalue weighted by molar-refractivity contribution is 5.85. The standard InChI is InChI=1S/C19H18N4O4/c24-18(10-9-17-20-12-5-1-2-6-13(12)21-17)22-23-19(25)16-11-26-14-7-3-4-8-15(14)27-16/h1-8,16H,9-11H2,(H,20,21)(H,22,24)(H,23,25). The summed E-state index contributed by atoms with van der Waals surface area (Å²) >= 11 is 0. The largest absolute Gasteiger partial charge is 0.485 e. The Balaban J connectivity index is 1.25. The lowest BCUT2D eigenvalue weighted by Crippen LogP contribution is -2.50. The van der Waals surface area contributed by atoms with E-state index in [0.717, 1.165) is 16.9 Å². The van der Waals surface area contributed by atoms with E-state index in [1.165, 1.54) is 0 Å². The number of H-pyrrole nitrogens is 1. The number of hydrogen-bond acceptors (Lipinski definition) is 5. The van der Waals surface area contributed by atoms with E-state index in [1.54, 1.807) is 18.2 Å². The van der Waals surface area contributed by atoms with Gasteiger partial charge in [0.25, 0.3) is 5.91 Å². The molecule has 8 heteroatoms. The van der Waals surface area contributed by atoms with Gasteiger partial charge in [-0.15, -0.1) is 0 Å². The number of amides is 2. The quantitative estimate of drug-likeness (QED) is 0.607. The molecule has 1 aliphatic rings. The number of para-hydroxylation sites is 4. The average molecular weight is 366 g/mol. The van der Waals surface area contributed by atoms with E-state index in [9.17, 15) is 9.59 Å². The van der Waals surface area contributed by atoms with Gasteiger partial charge in [-0.2, -0.15) is 0 Å². The third-order valence-electron chi connectivity index (χ3n) is 4.15. The first kappa shape index (κ1) is 16.9. The minimum absolute atomic E-state index is 0.0811. The molecule has 0 saturated heterocycles. The van der Waals surface area contributed by atoms with Crippen LogP contribution in [0.3, 0.4) is 0 Å². The lowest BCUT2D eigenvalue weighted by atomic mass is 10.2. The number of ether oxygens (including phenoxy) is 2. The summed E-state index contributed by atoms with van der Waals surface area (Å²) in [5.74, 6) is 1.03. The number of aromatic amines is 1. The molecule has 0 saturated carbocycles. The van der Waals surface area contributed by atoms with Crippen LogP contribution in [0.5, 0.6) is 11.5 Å². The van der Waals surface area contributed by atoms with Crippen molar-refractivity contribution in [2.24, 2.45) is 0 Å². The van der Waals surface area contributed by atoms with Crippen molar-refractivity contribution in [1.82, 2.24) is 20.8 Å². The maximum Gasteiger partial charge on any atom is 0.283 e. The Morgan fingerprint density at radius 3 is 2.70 bits per heavy atom. The van der Waals surface area contributed by atoms with E-state index in [1.807, 2.05) is 30.3 Å².